The molecule has 8 heteroatoms. The van der Waals surface area contributed by atoms with Gasteiger partial charge in [0.25, 0.3) is 17.7 Å². The molecule has 122 valence electrons. The van der Waals surface area contributed by atoms with Crippen molar-refractivity contribution in [2.75, 3.05) is 6.54 Å². The summed E-state index contributed by atoms with van der Waals surface area (Å²) in [6, 6.07) is 7.80. The van der Waals surface area contributed by atoms with Crippen molar-refractivity contribution in [1.82, 2.24) is 10.6 Å². The van der Waals surface area contributed by atoms with Crippen molar-refractivity contribution in [2.24, 2.45) is 0 Å². The minimum Gasteiger partial charge on any atom is -0.341 e. The fourth-order valence-corrected chi connectivity index (χ4v) is 2.86. The summed E-state index contributed by atoms with van der Waals surface area (Å²) < 4.78 is 29.4. The first kappa shape index (κ1) is 17.3. The molecule has 1 aliphatic rings. The molecule has 0 heterocycles. The lowest BCUT2D eigenvalue weighted by Crippen LogP contribution is -2.65. The first-order chi connectivity index (χ1) is 10.8. The van der Waals surface area contributed by atoms with Crippen LogP contribution >= 0.6 is 15.9 Å². The standard InChI is InChI=1S/C15H14BrF2N3O2/c16-11-4-2-10(3-5-11)12(22)21-14(13(23)20-9-8-19)6-1-7-15(14,17)18/h2-5H,1,6-7,9H2,(H,20,23)(H,21,22)/t14-/m1/s1. The van der Waals surface area contributed by atoms with Gasteiger partial charge in [0.2, 0.25) is 0 Å². The highest BCUT2D eigenvalue weighted by molar-refractivity contribution is 9.10. The highest BCUT2D eigenvalue weighted by Gasteiger charge is 2.62. The number of hydrogen-bond acceptors (Lipinski definition) is 3. The Kier molecular flexibility index (Phi) is 5.00. The molecule has 1 atom stereocenters. The maximum absolute atomic E-state index is 14.3. The third kappa shape index (κ3) is 3.34. The number of hydrogen-bond donors (Lipinski definition) is 2. The molecule has 0 aromatic heterocycles. The Labute approximate surface area is 140 Å². The average molecular weight is 386 g/mol. The number of nitriles is 1. The number of rotatable bonds is 4. The van der Waals surface area contributed by atoms with Crippen LogP contribution in [0.15, 0.2) is 28.7 Å². The number of halogens is 3. The van der Waals surface area contributed by atoms with Gasteiger partial charge in [-0.05, 0) is 37.1 Å². The second-order valence-corrected chi connectivity index (χ2v) is 6.18. The van der Waals surface area contributed by atoms with Gasteiger partial charge in [0.1, 0.15) is 6.54 Å². The summed E-state index contributed by atoms with van der Waals surface area (Å²) in [4.78, 5) is 24.5. The lowest BCUT2D eigenvalue weighted by molar-refractivity contribution is -0.142. The minimum absolute atomic E-state index is 0.105. The Morgan fingerprint density at radius 1 is 1.26 bits per heavy atom. The van der Waals surface area contributed by atoms with Crippen LogP contribution in [-0.4, -0.2) is 29.8 Å². The van der Waals surface area contributed by atoms with Crippen molar-refractivity contribution in [3.05, 3.63) is 34.3 Å². The van der Waals surface area contributed by atoms with Crippen LogP contribution in [0.3, 0.4) is 0 Å². The number of nitrogens with zero attached hydrogens (tertiary/aromatic N) is 1. The van der Waals surface area contributed by atoms with Crippen LogP contribution in [0, 0.1) is 11.3 Å². The quantitative estimate of drug-likeness (QED) is 0.780. The van der Waals surface area contributed by atoms with Gasteiger partial charge in [-0.3, -0.25) is 9.59 Å². The van der Waals surface area contributed by atoms with E-state index in [1.165, 1.54) is 12.1 Å². The van der Waals surface area contributed by atoms with Crippen LogP contribution in [-0.2, 0) is 4.79 Å². The van der Waals surface area contributed by atoms with Gasteiger partial charge in [-0.15, -0.1) is 0 Å². The van der Waals surface area contributed by atoms with Crippen LogP contribution in [0.2, 0.25) is 0 Å². The zero-order valence-electron chi connectivity index (χ0n) is 12.0. The van der Waals surface area contributed by atoms with Crippen LogP contribution in [0.25, 0.3) is 0 Å². The van der Waals surface area contributed by atoms with Crippen molar-refractivity contribution in [1.29, 1.82) is 5.26 Å². The molecule has 0 bridgehead atoms. The normalized spacial score (nSPS) is 22.2. The number of carbonyl (C=O) groups is 2. The number of amides is 2. The monoisotopic (exact) mass is 385 g/mol. The second kappa shape index (κ2) is 6.62. The fourth-order valence-electron chi connectivity index (χ4n) is 2.60. The van der Waals surface area contributed by atoms with Crippen LogP contribution in [0.1, 0.15) is 29.6 Å². The summed E-state index contributed by atoms with van der Waals surface area (Å²) in [6.07, 6.45) is -0.569. The predicted molar refractivity (Wildman–Crippen MR) is 81.8 cm³/mol. The summed E-state index contributed by atoms with van der Waals surface area (Å²) >= 11 is 3.22. The molecule has 5 nitrogen and oxygen atoms in total. The second-order valence-electron chi connectivity index (χ2n) is 5.27. The van der Waals surface area contributed by atoms with Crippen LogP contribution in [0.5, 0.6) is 0 Å². The Bertz CT molecular complexity index is 658. The lowest BCUT2D eigenvalue weighted by Gasteiger charge is -2.34. The van der Waals surface area contributed by atoms with E-state index in [2.05, 4.69) is 26.6 Å². The fraction of sp³-hybridized carbons (Fsp3) is 0.400. The molecule has 0 radical (unpaired) electrons. The highest BCUT2D eigenvalue weighted by atomic mass is 79.9. The molecular weight excluding hydrogens is 372 g/mol. The topological polar surface area (TPSA) is 82.0 Å². The smallest absolute Gasteiger partial charge is 0.279 e. The van der Waals surface area contributed by atoms with Crippen molar-refractivity contribution in [3.63, 3.8) is 0 Å². The maximum Gasteiger partial charge on any atom is 0.279 e. The molecule has 2 amide bonds. The third-order valence-electron chi connectivity index (χ3n) is 3.82. The highest BCUT2D eigenvalue weighted by Crippen LogP contribution is 2.44. The molecule has 1 fully saturated rings. The van der Waals surface area contributed by atoms with Gasteiger partial charge in [-0.2, -0.15) is 5.26 Å². The summed E-state index contributed by atoms with van der Waals surface area (Å²) in [5.74, 6) is -5.17. The molecule has 1 aromatic rings. The van der Waals surface area contributed by atoms with Gasteiger partial charge in [-0.1, -0.05) is 15.9 Å². The van der Waals surface area contributed by atoms with Gasteiger partial charge in [0, 0.05) is 16.5 Å². The lowest BCUT2D eigenvalue weighted by atomic mass is 9.92. The minimum atomic E-state index is -3.38. The van der Waals surface area contributed by atoms with E-state index in [-0.39, 0.29) is 18.4 Å². The number of nitrogens with one attached hydrogen (secondary N) is 2. The van der Waals surface area contributed by atoms with Crippen LogP contribution in [0.4, 0.5) is 8.78 Å². The largest absolute Gasteiger partial charge is 0.341 e. The summed E-state index contributed by atoms with van der Waals surface area (Å²) in [5, 5.41) is 12.8. The molecule has 1 saturated carbocycles. The summed E-state index contributed by atoms with van der Waals surface area (Å²) in [6.45, 7) is -0.398. The molecule has 0 spiro atoms. The van der Waals surface area contributed by atoms with E-state index in [0.29, 0.717) is 0 Å². The third-order valence-corrected chi connectivity index (χ3v) is 4.34. The van der Waals surface area contributed by atoms with Gasteiger partial charge < -0.3 is 10.6 Å². The Hall–Kier alpha value is -2.01. The molecule has 23 heavy (non-hydrogen) atoms. The Morgan fingerprint density at radius 3 is 2.43 bits per heavy atom. The average Bonchev–Trinajstić information content (AvgIpc) is 2.81. The number of carbonyl (C=O) groups excluding carboxylic acids is 2. The first-order valence-corrected chi connectivity index (χ1v) is 7.73. The zero-order chi connectivity index (χ0) is 17.1. The van der Waals surface area contributed by atoms with Crippen molar-refractivity contribution < 1.29 is 18.4 Å². The molecule has 0 unspecified atom stereocenters. The first-order valence-electron chi connectivity index (χ1n) is 6.93. The van der Waals surface area contributed by atoms with E-state index in [9.17, 15) is 18.4 Å². The van der Waals surface area contributed by atoms with E-state index < -0.39 is 36.2 Å². The maximum atomic E-state index is 14.3. The number of benzene rings is 1. The van der Waals surface area contributed by atoms with Crippen molar-refractivity contribution in [3.8, 4) is 6.07 Å². The molecular formula is C15H14BrF2N3O2. The predicted octanol–water partition coefficient (Wildman–Crippen LogP) is 2.38. The summed E-state index contributed by atoms with van der Waals surface area (Å²) in [7, 11) is 0. The Morgan fingerprint density at radius 2 is 1.91 bits per heavy atom. The van der Waals surface area contributed by atoms with Crippen molar-refractivity contribution >= 4 is 27.7 Å². The molecule has 0 aliphatic heterocycles. The molecule has 0 saturated heterocycles. The SMILES string of the molecule is N#CCNC(=O)[C@]1(NC(=O)c2ccc(Br)cc2)CCCC1(F)F. The number of alkyl halides is 2. The van der Waals surface area contributed by atoms with Gasteiger partial charge in [-0.25, -0.2) is 8.78 Å². The van der Waals surface area contributed by atoms with E-state index in [0.717, 1.165) is 4.47 Å². The van der Waals surface area contributed by atoms with Gasteiger partial charge in [0.05, 0.1) is 6.07 Å². The van der Waals surface area contributed by atoms with Gasteiger partial charge >= 0.3 is 0 Å². The van der Waals surface area contributed by atoms with E-state index in [4.69, 9.17) is 5.26 Å². The molecule has 1 aliphatic carbocycles. The molecule has 2 N–H and O–H groups in total. The molecule has 1 aromatic carbocycles. The Balaban J connectivity index is 2.28. The van der Waals surface area contributed by atoms with E-state index in [1.807, 2.05) is 0 Å². The van der Waals surface area contributed by atoms with E-state index in [1.54, 1.807) is 18.2 Å². The van der Waals surface area contributed by atoms with E-state index >= 15 is 0 Å². The zero-order valence-corrected chi connectivity index (χ0v) is 13.6. The summed E-state index contributed by atoms with van der Waals surface area (Å²) in [5.41, 5.74) is -2.16. The molecule has 2 rings (SSSR count). The van der Waals surface area contributed by atoms with Crippen molar-refractivity contribution in [2.45, 2.75) is 30.7 Å². The van der Waals surface area contributed by atoms with Crippen LogP contribution < -0.4 is 10.6 Å². The van der Waals surface area contributed by atoms with Gasteiger partial charge in [0.15, 0.2) is 5.54 Å².